The van der Waals surface area contributed by atoms with E-state index in [2.05, 4.69) is 22.7 Å². The topological polar surface area (TPSA) is 64.5 Å². The van der Waals surface area contributed by atoms with Crippen LogP contribution >= 0.6 is 0 Å². The van der Waals surface area contributed by atoms with Gasteiger partial charge in [0, 0.05) is 5.56 Å². The maximum Gasteiger partial charge on any atom is 0.0716 e. The molecule has 1 aliphatic carbocycles. The van der Waals surface area contributed by atoms with Gasteiger partial charge in [-0.05, 0) is 42.5 Å². The lowest BCUT2D eigenvalue weighted by Gasteiger charge is -2.17. The Balaban J connectivity index is 1.84. The standard InChI is InChI=1S/C17H16N2O2/c20-17(21)13-7-3-8-14(11-13)18-19-16-10-4-6-12-5-1-2-9-15(12)16/h1-3,5,7-9,11,18H,4,6,10H2,(H,20,21)/p-1. The lowest BCUT2D eigenvalue weighted by molar-refractivity contribution is -0.255. The van der Waals surface area contributed by atoms with Crippen LogP contribution in [0.2, 0.25) is 0 Å². The van der Waals surface area contributed by atoms with Crippen molar-refractivity contribution in [2.45, 2.75) is 19.3 Å². The smallest absolute Gasteiger partial charge is 0.0716 e. The van der Waals surface area contributed by atoms with Crippen molar-refractivity contribution in [3.8, 4) is 0 Å². The molecule has 0 saturated carbocycles. The van der Waals surface area contributed by atoms with Crippen molar-refractivity contribution in [3.05, 3.63) is 65.2 Å². The van der Waals surface area contributed by atoms with Crippen molar-refractivity contribution in [2.24, 2.45) is 5.10 Å². The summed E-state index contributed by atoms with van der Waals surface area (Å²) in [6.07, 6.45) is 3.08. The van der Waals surface area contributed by atoms with E-state index >= 15 is 0 Å². The minimum Gasteiger partial charge on any atom is -0.545 e. The minimum absolute atomic E-state index is 0.143. The fourth-order valence-corrected chi connectivity index (χ4v) is 2.56. The van der Waals surface area contributed by atoms with Crippen molar-refractivity contribution in [1.29, 1.82) is 0 Å². The Morgan fingerprint density at radius 3 is 2.81 bits per heavy atom. The van der Waals surface area contributed by atoms with Gasteiger partial charge in [-0.1, -0.05) is 36.4 Å². The number of nitrogens with one attached hydrogen (secondary N) is 1. The lowest BCUT2D eigenvalue weighted by atomic mass is 9.90. The van der Waals surface area contributed by atoms with E-state index in [1.54, 1.807) is 12.1 Å². The monoisotopic (exact) mass is 279 g/mol. The van der Waals surface area contributed by atoms with Crippen LogP contribution in [0.3, 0.4) is 0 Å². The van der Waals surface area contributed by atoms with Crippen LogP contribution in [0.1, 0.15) is 34.3 Å². The molecule has 0 bridgehead atoms. The van der Waals surface area contributed by atoms with Gasteiger partial charge in [0.05, 0.1) is 17.4 Å². The van der Waals surface area contributed by atoms with Crippen LogP contribution in [0, 0.1) is 0 Å². The maximum atomic E-state index is 10.8. The molecule has 0 spiro atoms. The van der Waals surface area contributed by atoms with Crippen LogP contribution in [0.25, 0.3) is 0 Å². The summed E-state index contributed by atoms with van der Waals surface area (Å²) in [4.78, 5) is 10.8. The van der Waals surface area contributed by atoms with Crippen LogP contribution in [0.4, 0.5) is 5.69 Å². The first kappa shape index (κ1) is 13.4. The van der Waals surface area contributed by atoms with Gasteiger partial charge in [0.25, 0.3) is 0 Å². The third-order valence-corrected chi connectivity index (χ3v) is 3.61. The Morgan fingerprint density at radius 1 is 1.10 bits per heavy atom. The molecule has 0 amide bonds. The molecule has 0 fully saturated rings. The highest BCUT2D eigenvalue weighted by molar-refractivity contribution is 6.03. The summed E-state index contributed by atoms with van der Waals surface area (Å²) < 4.78 is 0. The number of hydrogen-bond acceptors (Lipinski definition) is 4. The molecule has 3 rings (SSSR count). The number of carboxylic acid groups (broad SMARTS) is 1. The van der Waals surface area contributed by atoms with Gasteiger partial charge in [0.1, 0.15) is 0 Å². The van der Waals surface area contributed by atoms with Crippen LogP contribution in [0.5, 0.6) is 0 Å². The average Bonchev–Trinajstić information content (AvgIpc) is 2.53. The molecule has 2 aromatic carbocycles. The van der Waals surface area contributed by atoms with E-state index in [0.717, 1.165) is 25.0 Å². The number of nitrogens with zero attached hydrogens (tertiary/aromatic N) is 1. The normalized spacial score (nSPS) is 15.5. The second-order valence-corrected chi connectivity index (χ2v) is 5.05. The molecule has 4 heteroatoms. The number of benzene rings is 2. The fraction of sp³-hybridized carbons (Fsp3) is 0.176. The molecule has 1 aliphatic rings. The number of carbonyl (C=O) groups excluding carboxylic acids is 1. The van der Waals surface area contributed by atoms with Crippen molar-refractivity contribution in [3.63, 3.8) is 0 Å². The van der Waals surface area contributed by atoms with Crippen LogP contribution in [-0.4, -0.2) is 11.7 Å². The number of aryl methyl sites for hydroxylation is 1. The van der Waals surface area contributed by atoms with E-state index in [4.69, 9.17) is 0 Å². The highest BCUT2D eigenvalue weighted by Gasteiger charge is 2.14. The van der Waals surface area contributed by atoms with E-state index in [0.29, 0.717) is 5.69 Å². The molecule has 21 heavy (non-hydrogen) atoms. The number of fused-ring (bicyclic) bond motifs is 1. The van der Waals surface area contributed by atoms with Crippen LogP contribution in [-0.2, 0) is 6.42 Å². The number of carbonyl (C=O) groups is 1. The highest BCUT2D eigenvalue weighted by atomic mass is 16.4. The Bertz CT molecular complexity index is 707. The molecule has 1 N–H and O–H groups in total. The fourth-order valence-electron chi connectivity index (χ4n) is 2.56. The Hall–Kier alpha value is -2.62. The van der Waals surface area contributed by atoms with Crippen molar-refractivity contribution in [1.82, 2.24) is 0 Å². The third-order valence-electron chi connectivity index (χ3n) is 3.61. The summed E-state index contributed by atoms with van der Waals surface area (Å²) >= 11 is 0. The Kier molecular flexibility index (Phi) is 3.69. The Labute approximate surface area is 123 Å². The van der Waals surface area contributed by atoms with Gasteiger partial charge in [-0.3, -0.25) is 5.43 Å². The first-order valence-electron chi connectivity index (χ1n) is 6.96. The number of carboxylic acids is 1. The number of aromatic carboxylic acids is 1. The molecule has 0 heterocycles. The first-order chi connectivity index (χ1) is 10.2. The molecule has 0 radical (unpaired) electrons. The van der Waals surface area contributed by atoms with Gasteiger partial charge in [-0.2, -0.15) is 5.10 Å². The largest absolute Gasteiger partial charge is 0.545 e. The average molecular weight is 279 g/mol. The zero-order valence-electron chi connectivity index (χ0n) is 11.5. The number of hydrazone groups is 1. The molecular weight excluding hydrogens is 264 g/mol. The van der Waals surface area contributed by atoms with Crippen molar-refractivity contribution in [2.75, 3.05) is 5.43 Å². The molecule has 0 aliphatic heterocycles. The Morgan fingerprint density at radius 2 is 1.95 bits per heavy atom. The zero-order chi connectivity index (χ0) is 14.7. The second kappa shape index (κ2) is 5.79. The zero-order valence-corrected chi connectivity index (χ0v) is 11.5. The predicted molar refractivity (Wildman–Crippen MR) is 80.3 cm³/mol. The van der Waals surface area contributed by atoms with Gasteiger partial charge in [0.2, 0.25) is 0 Å². The van der Waals surface area contributed by atoms with Gasteiger partial charge >= 0.3 is 0 Å². The molecule has 2 aromatic rings. The highest BCUT2D eigenvalue weighted by Crippen LogP contribution is 2.21. The van der Waals surface area contributed by atoms with Crippen molar-refractivity contribution >= 4 is 17.4 Å². The third kappa shape index (κ3) is 2.94. The van der Waals surface area contributed by atoms with Gasteiger partial charge in [0.15, 0.2) is 0 Å². The molecule has 0 atom stereocenters. The minimum atomic E-state index is -1.19. The van der Waals surface area contributed by atoms with Crippen LogP contribution in [0.15, 0.2) is 53.6 Å². The SMILES string of the molecule is O=C([O-])c1cccc(NN=C2CCCc3ccccc32)c1. The molecular formula is C17H15N2O2-. The van der Waals surface area contributed by atoms with Gasteiger partial charge in [-0.15, -0.1) is 0 Å². The van der Waals surface area contributed by atoms with Gasteiger partial charge in [-0.25, -0.2) is 0 Å². The van der Waals surface area contributed by atoms with Crippen LogP contribution < -0.4 is 10.5 Å². The van der Waals surface area contributed by atoms with Crippen molar-refractivity contribution < 1.29 is 9.90 Å². The number of hydrogen-bond donors (Lipinski definition) is 1. The quantitative estimate of drug-likeness (QED) is 0.876. The van der Waals surface area contributed by atoms with Gasteiger partial charge < -0.3 is 9.90 Å². The number of rotatable bonds is 3. The maximum absolute atomic E-state index is 10.8. The number of anilines is 1. The molecule has 0 aromatic heterocycles. The lowest BCUT2D eigenvalue weighted by Crippen LogP contribution is -2.22. The first-order valence-corrected chi connectivity index (χ1v) is 6.96. The second-order valence-electron chi connectivity index (χ2n) is 5.05. The summed E-state index contributed by atoms with van der Waals surface area (Å²) in [6, 6.07) is 14.7. The van der Waals surface area contributed by atoms with E-state index in [1.165, 1.54) is 23.3 Å². The summed E-state index contributed by atoms with van der Waals surface area (Å²) in [5, 5.41) is 15.3. The van der Waals surface area contributed by atoms with E-state index < -0.39 is 5.97 Å². The molecule has 106 valence electrons. The molecule has 4 nitrogen and oxygen atoms in total. The van der Waals surface area contributed by atoms with E-state index in [1.807, 2.05) is 12.1 Å². The predicted octanol–water partition coefficient (Wildman–Crippen LogP) is 2.20. The van der Waals surface area contributed by atoms with E-state index in [9.17, 15) is 9.90 Å². The summed E-state index contributed by atoms with van der Waals surface area (Å²) in [5.41, 5.74) is 7.23. The summed E-state index contributed by atoms with van der Waals surface area (Å²) in [5.74, 6) is -1.19. The summed E-state index contributed by atoms with van der Waals surface area (Å²) in [7, 11) is 0. The summed E-state index contributed by atoms with van der Waals surface area (Å²) in [6.45, 7) is 0. The molecule has 0 unspecified atom stereocenters. The van der Waals surface area contributed by atoms with E-state index in [-0.39, 0.29) is 5.56 Å². The molecule has 0 saturated heterocycles.